The van der Waals surface area contributed by atoms with E-state index in [1.165, 1.54) is 14.2 Å². The highest BCUT2D eigenvalue weighted by Gasteiger charge is 2.42. The van der Waals surface area contributed by atoms with Crippen LogP contribution in [0.5, 0.6) is 0 Å². The van der Waals surface area contributed by atoms with Crippen molar-refractivity contribution in [2.75, 3.05) is 27.3 Å². The molecule has 0 aliphatic rings. The summed E-state index contributed by atoms with van der Waals surface area (Å²) in [6.07, 6.45) is -0.663. The lowest BCUT2D eigenvalue weighted by Crippen LogP contribution is -2.34. The first-order valence-corrected chi connectivity index (χ1v) is 7.86. The Morgan fingerprint density at radius 3 is 1.71 bits per heavy atom. The lowest BCUT2D eigenvalue weighted by molar-refractivity contribution is -0.0985. The highest BCUT2D eigenvalue weighted by Crippen LogP contribution is 2.59. The van der Waals surface area contributed by atoms with Crippen LogP contribution in [0.25, 0.3) is 0 Å². The van der Waals surface area contributed by atoms with Crippen LogP contribution in [0.15, 0.2) is 0 Å². The van der Waals surface area contributed by atoms with Gasteiger partial charge in [0, 0.05) is 27.3 Å². The summed E-state index contributed by atoms with van der Waals surface area (Å²) in [7, 11) is -7.04. The molecule has 0 aromatic heterocycles. The van der Waals surface area contributed by atoms with E-state index in [1.807, 2.05) is 0 Å². The van der Waals surface area contributed by atoms with Crippen molar-refractivity contribution in [2.24, 2.45) is 0 Å². The van der Waals surface area contributed by atoms with Crippen LogP contribution in [0.3, 0.4) is 0 Å². The number of hydrogen-bond acceptors (Lipinski definition) is 5. The fourth-order valence-electron chi connectivity index (χ4n) is 1.03. The minimum atomic E-state index is -4.88. The van der Waals surface area contributed by atoms with E-state index in [1.54, 1.807) is 0 Å². The first-order chi connectivity index (χ1) is 7.62. The van der Waals surface area contributed by atoms with Gasteiger partial charge in [0.1, 0.15) is 0 Å². The molecule has 0 aromatic carbocycles. The van der Waals surface area contributed by atoms with Crippen molar-refractivity contribution in [3.05, 3.63) is 0 Å². The smallest absolute Gasteiger partial charge is 0.342 e. The lowest BCUT2D eigenvalue weighted by Gasteiger charge is -2.21. The summed E-state index contributed by atoms with van der Waals surface area (Å²) in [5.74, 6) is 0. The predicted octanol–water partition coefficient (Wildman–Crippen LogP) is -1.12. The molecule has 0 bridgehead atoms. The number of ether oxygens (including phenoxy) is 2. The Bertz CT molecular complexity index is 285. The second-order valence-corrected chi connectivity index (χ2v) is 7.23. The summed E-state index contributed by atoms with van der Waals surface area (Å²) < 4.78 is 31.3. The van der Waals surface area contributed by atoms with Gasteiger partial charge in [0.25, 0.3) is 0 Å². The van der Waals surface area contributed by atoms with E-state index in [4.69, 9.17) is 29.0 Å². The predicted molar refractivity (Wildman–Crippen MR) is 58.6 cm³/mol. The van der Waals surface area contributed by atoms with Crippen LogP contribution in [0, 0.1) is 0 Å². The third kappa shape index (κ3) is 6.61. The van der Waals surface area contributed by atoms with Gasteiger partial charge in [-0.15, -0.1) is 0 Å². The summed E-state index contributed by atoms with van der Waals surface area (Å²) >= 11 is 0. The summed E-state index contributed by atoms with van der Waals surface area (Å²) in [6, 6.07) is 0. The average Bonchev–Trinajstić information content (AvgIpc) is 2.14. The fraction of sp³-hybridized carbons (Fsp3) is 1.00. The van der Waals surface area contributed by atoms with E-state index in [9.17, 15) is 9.13 Å². The van der Waals surface area contributed by atoms with Gasteiger partial charge < -0.3 is 34.4 Å². The van der Waals surface area contributed by atoms with Gasteiger partial charge in [0.2, 0.25) is 0 Å². The van der Waals surface area contributed by atoms with Gasteiger partial charge in [0.15, 0.2) is 11.7 Å². The summed E-state index contributed by atoms with van der Waals surface area (Å²) in [5.41, 5.74) is 0. The molecule has 0 spiro atoms. The van der Waals surface area contributed by atoms with E-state index in [-0.39, 0.29) is 6.54 Å². The maximum absolute atomic E-state index is 10.9. The second-order valence-electron chi connectivity index (χ2n) is 3.22. The monoisotopic (exact) mass is 293 g/mol. The number of methoxy groups -OCH3 is 2. The van der Waals surface area contributed by atoms with Crippen LogP contribution in [-0.4, -0.2) is 58.6 Å². The van der Waals surface area contributed by atoms with Gasteiger partial charge in [-0.1, -0.05) is 0 Å². The molecule has 0 aromatic rings. The molecule has 5 N–H and O–H groups in total. The van der Waals surface area contributed by atoms with E-state index in [2.05, 4.69) is 5.32 Å². The molecule has 0 saturated heterocycles. The summed E-state index contributed by atoms with van der Waals surface area (Å²) in [4.78, 5) is 35.2. The van der Waals surface area contributed by atoms with E-state index in [0.29, 0.717) is 0 Å². The Kier molecular flexibility index (Phi) is 7.01. The van der Waals surface area contributed by atoms with Crippen LogP contribution in [-0.2, 0) is 18.6 Å². The summed E-state index contributed by atoms with van der Waals surface area (Å²) in [5, 5.41) is 0.401. The highest BCUT2D eigenvalue weighted by molar-refractivity contribution is 7.70. The normalized spacial score (nSPS) is 13.6. The van der Waals surface area contributed by atoms with Crippen molar-refractivity contribution in [2.45, 2.75) is 11.7 Å². The topological polar surface area (TPSA) is 146 Å². The van der Waals surface area contributed by atoms with Crippen molar-refractivity contribution in [3.63, 3.8) is 0 Å². The third-order valence-electron chi connectivity index (χ3n) is 1.94. The Labute approximate surface area is 98.4 Å². The van der Waals surface area contributed by atoms with Crippen molar-refractivity contribution in [1.29, 1.82) is 0 Å². The van der Waals surface area contributed by atoms with Crippen molar-refractivity contribution >= 4 is 15.2 Å². The molecular weight excluding hydrogens is 276 g/mol. The zero-order valence-electron chi connectivity index (χ0n) is 9.39. The minimum Gasteiger partial charge on any atom is -0.355 e. The van der Waals surface area contributed by atoms with Crippen LogP contribution in [0.1, 0.15) is 0 Å². The molecule has 17 heavy (non-hydrogen) atoms. The van der Waals surface area contributed by atoms with Gasteiger partial charge in [-0.2, -0.15) is 0 Å². The molecule has 0 heterocycles. The van der Waals surface area contributed by atoms with Crippen molar-refractivity contribution in [3.8, 4) is 0 Å². The van der Waals surface area contributed by atoms with Crippen molar-refractivity contribution in [1.82, 2.24) is 5.32 Å². The van der Waals surface area contributed by atoms with Crippen LogP contribution in [0.2, 0.25) is 0 Å². The van der Waals surface area contributed by atoms with Crippen LogP contribution >= 0.6 is 15.2 Å². The quantitative estimate of drug-likeness (QED) is 0.277. The number of hydrogen-bond donors (Lipinski definition) is 5. The molecule has 104 valence electrons. The zero-order valence-corrected chi connectivity index (χ0v) is 11.2. The van der Waals surface area contributed by atoms with Crippen LogP contribution < -0.4 is 5.32 Å². The minimum absolute atomic E-state index is 0.0451. The second kappa shape index (κ2) is 6.94. The third-order valence-corrected chi connectivity index (χ3v) is 5.66. The molecule has 0 rings (SSSR count). The Morgan fingerprint density at radius 2 is 1.41 bits per heavy atom. The molecule has 0 saturated carbocycles. The molecule has 11 heteroatoms. The molecule has 0 aliphatic heterocycles. The molecule has 9 nitrogen and oxygen atoms in total. The van der Waals surface area contributed by atoms with Crippen molar-refractivity contribution < 1.29 is 38.2 Å². The Morgan fingerprint density at radius 1 is 1.00 bits per heavy atom. The molecule has 0 aliphatic carbocycles. The molecule has 0 radical (unpaired) electrons. The standard InChI is InChI=1S/C6H17NO8P2/c1-14-5(15-2)3-7-4-6(16(8,9)10)17(11,12)13/h5-7H,3-4H2,1-2H3,(H2,8,9,10)(H2,11,12,13). The van der Waals surface area contributed by atoms with Gasteiger partial charge in [-0.05, 0) is 0 Å². The zero-order chi connectivity index (χ0) is 13.7. The molecule has 0 unspecified atom stereocenters. The fourth-order valence-corrected chi connectivity index (χ4v) is 3.33. The average molecular weight is 293 g/mol. The molecule has 0 amide bonds. The van der Waals surface area contributed by atoms with E-state index < -0.39 is 33.4 Å². The number of rotatable bonds is 8. The van der Waals surface area contributed by atoms with Gasteiger partial charge >= 0.3 is 15.2 Å². The SMILES string of the molecule is COC(CNCC(P(=O)(O)O)P(=O)(O)O)OC. The highest BCUT2D eigenvalue weighted by atomic mass is 31.2. The lowest BCUT2D eigenvalue weighted by atomic mass is 10.6. The Balaban J connectivity index is 4.40. The Hall–Kier alpha value is 0.180. The molecular formula is C6H17NO8P2. The van der Waals surface area contributed by atoms with Crippen LogP contribution in [0.4, 0.5) is 0 Å². The summed E-state index contributed by atoms with van der Waals surface area (Å²) in [6.45, 7) is -0.499. The van der Waals surface area contributed by atoms with E-state index in [0.717, 1.165) is 0 Å². The first kappa shape index (κ1) is 17.2. The first-order valence-electron chi connectivity index (χ1n) is 4.49. The van der Waals surface area contributed by atoms with Gasteiger partial charge in [0.05, 0.1) is 0 Å². The maximum atomic E-state index is 10.9. The molecule has 0 atom stereocenters. The van der Waals surface area contributed by atoms with Gasteiger partial charge in [-0.25, -0.2) is 0 Å². The maximum Gasteiger partial charge on any atom is 0.342 e. The largest absolute Gasteiger partial charge is 0.355 e. The van der Waals surface area contributed by atoms with Gasteiger partial charge in [-0.3, -0.25) is 9.13 Å². The molecule has 0 fully saturated rings. The van der Waals surface area contributed by atoms with E-state index >= 15 is 0 Å². The number of nitrogens with one attached hydrogen (secondary N) is 1.